The number of aliphatic hydroxyl groups is 2. The predicted octanol–water partition coefficient (Wildman–Crippen LogP) is 0.153. The second-order valence-corrected chi connectivity index (χ2v) is 5.79. The number of fused-ring (bicyclic) bond motifs is 1. The monoisotopic (exact) mass is 339 g/mol. The van der Waals surface area contributed by atoms with E-state index in [2.05, 4.69) is 9.97 Å². The number of aromatic amines is 1. The van der Waals surface area contributed by atoms with Crippen molar-refractivity contribution in [2.45, 2.75) is 44.1 Å². The van der Waals surface area contributed by atoms with E-state index in [-0.39, 0.29) is 16.9 Å². The Balaban J connectivity index is 2.24. The van der Waals surface area contributed by atoms with E-state index in [1.807, 2.05) is 5.92 Å². The van der Waals surface area contributed by atoms with Crippen LogP contribution in [0.5, 0.6) is 0 Å². The van der Waals surface area contributed by atoms with Gasteiger partial charge in [-0.15, -0.1) is 6.42 Å². The molecule has 0 aromatic carbocycles. The number of alkyl halides is 1. The molecule has 9 heteroatoms. The standard InChI is InChI=1S/C15H15F2N3O4/c1-4-15(17)11(22)10(6(2)21)24-14(15)20-5-8(16)9-12(20)18-7(3)19-13(9)23/h1,5-6,10-11,14,21-22H,2-3H3,(H,18,19,23)/t6-,10-,11+,14-,15?/m1/s1. The van der Waals surface area contributed by atoms with E-state index in [1.165, 1.54) is 13.8 Å². The van der Waals surface area contributed by atoms with Gasteiger partial charge in [-0.25, -0.2) is 13.8 Å². The quantitative estimate of drug-likeness (QED) is 0.677. The summed E-state index contributed by atoms with van der Waals surface area (Å²) in [6, 6.07) is 0. The van der Waals surface area contributed by atoms with Crippen LogP contribution >= 0.6 is 0 Å². The highest BCUT2D eigenvalue weighted by atomic mass is 19.1. The molecule has 2 aromatic rings. The lowest BCUT2D eigenvalue weighted by molar-refractivity contribution is -0.0776. The second kappa shape index (κ2) is 5.37. The summed E-state index contributed by atoms with van der Waals surface area (Å²) in [5.41, 5.74) is -3.64. The van der Waals surface area contributed by atoms with Crippen LogP contribution < -0.4 is 5.56 Å². The molecule has 0 saturated carbocycles. The third kappa shape index (κ3) is 2.15. The highest BCUT2D eigenvalue weighted by Crippen LogP contribution is 2.43. The number of rotatable bonds is 2. The fourth-order valence-corrected chi connectivity index (χ4v) is 2.91. The lowest BCUT2D eigenvalue weighted by Crippen LogP contribution is -2.43. The Morgan fingerprint density at radius 2 is 2.29 bits per heavy atom. The molecule has 5 atom stereocenters. The third-order valence-corrected chi connectivity index (χ3v) is 4.09. The predicted molar refractivity (Wildman–Crippen MR) is 79.3 cm³/mol. The average molecular weight is 339 g/mol. The van der Waals surface area contributed by atoms with Crippen LogP contribution in [0.4, 0.5) is 8.78 Å². The van der Waals surface area contributed by atoms with Crippen molar-refractivity contribution in [1.82, 2.24) is 14.5 Å². The van der Waals surface area contributed by atoms with Crippen LogP contribution in [0.1, 0.15) is 19.0 Å². The Labute approximate surface area is 134 Å². The molecular weight excluding hydrogens is 324 g/mol. The van der Waals surface area contributed by atoms with Crippen molar-refractivity contribution < 1.29 is 23.7 Å². The first-order chi connectivity index (χ1) is 11.2. The Bertz CT molecular complexity index is 900. The summed E-state index contributed by atoms with van der Waals surface area (Å²) in [7, 11) is 0. The van der Waals surface area contributed by atoms with Crippen molar-refractivity contribution in [3.8, 4) is 12.3 Å². The number of nitrogens with zero attached hydrogens (tertiary/aromatic N) is 2. The number of ether oxygens (including phenoxy) is 1. The fraction of sp³-hybridized carbons (Fsp3) is 0.467. The van der Waals surface area contributed by atoms with E-state index >= 15 is 4.39 Å². The number of aryl methyl sites for hydroxylation is 1. The molecule has 0 bridgehead atoms. The molecule has 7 nitrogen and oxygen atoms in total. The fourth-order valence-electron chi connectivity index (χ4n) is 2.91. The van der Waals surface area contributed by atoms with Gasteiger partial charge in [-0.1, -0.05) is 5.92 Å². The maximum absolute atomic E-state index is 15.2. The van der Waals surface area contributed by atoms with Crippen LogP contribution in [-0.2, 0) is 4.74 Å². The molecule has 0 amide bonds. The van der Waals surface area contributed by atoms with Gasteiger partial charge in [-0.3, -0.25) is 9.36 Å². The molecule has 3 heterocycles. The van der Waals surface area contributed by atoms with Crippen LogP contribution in [0, 0.1) is 25.1 Å². The van der Waals surface area contributed by atoms with Gasteiger partial charge in [0.25, 0.3) is 5.56 Å². The van der Waals surface area contributed by atoms with E-state index in [1.54, 1.807) is 0 Å². The van der Waals surface area contributed by atoms with Crippen molar-refractivity contribution >= 4 is 11.0 Å². The Hall–Kier alpha value is -2.28. The number of terminal acetylenes is 1. The SMILES string of the molecule is C#CC1(F)[C@@H](O)[C@@H]([C@@H](C)O)O[C@H]1n1cc(F)c2c(=O)[nH]c(C)nc21. The maximum Gasteiger partial charge on any atom is 0.263 e. The van der Waals surface area contributed by atoms with Crippen LogP contribution in [-0.4, -0.2) is 48.7 Å². The summed E-state index contributed by atoms with van der Waals surface area (Å²) in [6.45, 7) is 2.78. The van der Waals surface area contributed by atoms with Gasteiger partial charge in [-0.05, 0) is 13.8 Å². The van der Waals surface area contributed by atoms with Crippen molar-refractivity contribution in [1.29, 1.82) is 0 Å². The van der Waals surface area contributed by atoms with Crippen LogP contribution in [0.3, 0.4) is 0 Å². The van der Waals surface area contributed by atoms with Gasteiger partial charge in [0, 0.05) is 6.20 Å². The maximum atomic E-state index is 15.2. The van der Waals surface area contributed by atoms with E-state index in [0.29, 0.717) is 0 Å². The van der Waals surface area contributed by atoms with Gasteiger partial charge in [0.1, 0.15) is 23.4 Å². The summed E-state index contributed by atoms with van der Waals surface area (Å²) in [5, 5.41) is 19.4. The molecule has 0 spiro atoms. The van der Waals surface area contributed by atoms with Crippen LogP contribution in [0.25, 0.3) is 11.0 Å². The number of H-pyrrole nitrogens is 1. The number of hydrogen-bond donors (Lipinski definition) is 3. The number of hydrogen-bond acceptors (Lipinski definition) is 5. The van der Waals surface area contributed by atoms with Gasteiger partial charge in [0.15, 0.2) is 17.7 Å². The first kappa shape index (κ1) is 16.6. The zero-order valence-corrected chi connectivity index (χ0v) is 12.8. The number of nitrogens with one attached hydrogen (secondary N) is 1. The smallest absolute Gasteiger partial charge is 0.263 e. The zero-order valence-electron chi connectivity index (χ0n) is 12.8. The lowest BCUT2D eigenvalue weighted by atomic mass is 9.95. The van der Waals surface area contributed by atoms with Crippen molar-refractivity contribution in [3.05, 3.63) is 28.2 Å². The molecule has 0 radical (unpaired) electrons. The summed E-state index contributed by atoms with van der Waals surface area (Å²) in [5.74, 6) is 1.07. The first-order valence-electron chi connectivity index (χ1n) is 7.16. The van der Waals surface area contributed by atoms with Gasteiger partial charge in [-0.2, -0.15) is 0 Å². The van der Waals surface area contributed by atoms with Crippen LogP contribution in [0.2, 0.25) is 0 Å². The zero-order chi connectivity index (χ0) is 17.8. The van der Waals surface area contributed by atoms with E-state index in [9.17, 15) is 19.4 Å². The average Bonchev–Trinajstić information content (AvgIpc) is 2.95. The number of aromatic nitrogens is 3. The molecule has 1 fully saturated rings. The molecule has 1 unspecified atom stereocenters. The van der Waals surface area contributed by atoms with Gasteiger partial charge >= 0.3 is 0 Å². The highest BCUT2D eigenvalue weighted by Gasteiger charge is 2.59. The van der Waals surface area contributed by atoms with Crippen molar-refractivity contribution in [2.24, 2.45) is 0 Å². The van der Waals surface area contributed by atoms with E-state index in [4.69, 9.17) is 11.2 Å². The molecule has 1 aliphatic rings. The molecule has 3 rings (SSSR count). The van der Waals surface area contributed by atoms with Gasteiger partial charge in [0.2, 0.25) is 5.67 Å². The molecule has 2 aromatic heterocycles. The lowest BCUT2D eigenvalue weighted by Gasteiger charge is -2.24. The number of aliphatic hydroxyl groups excluding tert-OH is 2. The highest BCUT2D eigenvalue weighted by molar-refractivity contribution is 5.76. The normalized spacial score (nSPS) is 31.3. The van der Waals surface area contributed by atoms with Gasteiger partial charge < -0.3 is 19.9 Å². The minimum Gasteiger partial charge on any atom is -0.391 e. The Morgan fingerprint density at radius 3 is 2.88 bits per heavy atom. The van der Waals surface area contributed by atoms with Crippen molar-refractivity contribution in [2.75, 3.05) is 0 Å². The Morgan fingerprint density at radius 1 is 1.62 bits per heavy atom. The minimum atomic E-state index is -2.74. The molecule has 128 valence electrons. The van der Waals surface area contributed by atoms with E-state index in [0.717, 1.165) is 10.8 Å². The molecule has 24 heavy (non-hydrogen) atoms. The van der Waals surface area contributed by atoms with Crippen LogP contribution in [0.15, 0.2) is 11.0 Å². The first-order valence-corrected chi connectivity index (χ1v) is 7.16. The molecule has 0 aliphatic carbocycles. The number of halogens is 2. The molecule has 1 aliphatic heterocycles. The molecule has 1 saturated heterocycles. The topological polar surface area (TPSA) is 100 Å². The largest absolute Gasteiger partial charge is 0.391 e. The Kier molecular flexibility index (Phi) is 3.71. The van der Waals surface area contributed by atoms with Crippen molar-refractivity contribution in [3.63, 3.8) is 0 Å². The third-order valence-electron chi connectivity index (χ3n) is 4.09. The molecular formula is C15H15F2N3O4. The summed E-state index contributed by atoms with van der Waals surface area (Å²) in [4.78, 5) is 18.3. The van der Waals surface area contributed by atoms with Gasteiger partial charge in [0.05, 0.1) is 6.10 Å². The second-order valence-electron chi connectivity index (χ2n) is 5.79. The summed E-state index contributed by atoms with van der Waals surface area (Å²) < 4.78 is 35.6. The summed E-state index contributed by atoms with van der Waals surface area (Å²) >= 11 is 0. The van der Waals surface area contributed by atoms with E-state index < -0.39 is 41.6 Å². The molecule has 3 N–H and O–H groups in total. The minimum absolute atomic E-state index is 0.172. The summed E-state index contributed by atoms with van der Waals surface area (Å²) in [6.07, 6.45) is 0.0150.